The van der Waals surface area contributed by atoms with Gasteiger partial charge in [-0.25, -0.2) is 19.5 Å². The maximum absolute atomic E-state index is 13.5. The normalized spacial score (nSPS) is 24.5. The molecule has 7 heteroatoms. The lowest BCUT2D eigenvalue weighted by Gasteiger charge is -2.51. The van der Waals surface area contributed by atoms with Crippen molar-refractivity contribution < 1.29 is 4.79 Å². The number of likely N-dealkylation sites (tertiary alicyclic amines) is 1. The van der Waals surface area contributed by atoms with Gasteiger partial charge in [-0.1, -0.05) is 6.92 Å². The molecule has 0 saturated carbocycles. The first-order valence-corrected chi connectivity index (χ1v) is 9.50. The lowest BCUT2D eigenvalue weighted by atomic mass is 9.65. The number of hydrogen-bond acceptors (Lipinski definition) is 5. The molecule has 1 amide bonds. The summed E-state index contributed by atoms with van der Waals surface area (Å²) in [6.07, 6.45) is 11.0. The first-order chi connectivity index (χ1) is 13.1. The van der Waals surface area contributed by atoms with Crippen LogP contribution < -0.4 is 0 Å². The van der Waals surface area contributed by atoms with E-state index in [-0.39, 0.29) is 17.4 Å². The molecule has 7 nitrogen and oxygen atoms in total. The second-order valence-corrected chi connectivity index (χ2v) is 7.81. The summed E-state index contributed by atoms with van der Waals surface area (Å²) in [5, 5.41) is 4.29. The van der Waals surface area contributed by atoms with Crippen molar-refractivity contribution in [1.29, 1.82) is 0 Å². The molecular formula is C20H22N6O. The van der Waals surface area contributed by atoms with Crippen LogP contribution in [0.2, 0.25) is 0 Å². The first kappa shape index (κ1) is 16.4. The molecule has 2 aliphatic rings. The Hall–Kier alpha value is -2.83. The van der Waals surface area contributed by atoms with Gasteiger partial charge in [0.15, 0.2) is 5.65 Å². The molecule has 0 spiro atoms. The fourth-order valence-electron chi connectivity index (χ4n) is 4.87. The van der Waals surface area contributed by atoms with Crippen LogP contribution in [0.25, 0.3) is 5.65 Å². The Morgan fingerprint density at radius 3 is 3.07 bits per heavy atom. The molecule has 4 heterocycles. The van der Waals surface area contributed by atoms with Crippen molar-refractivity contribution in [3.05, 3.63) is 53.5 Å². The van der Waals surface area contributed by atoms with Crippen molar-refractivity contribution in [2.75, 3.05) is 6.54 Å². The molecule has 2 atom stereocenters. The number of hydrogen-bond donors (Lipinski definition) is 0. The number of rotatable bonds is 1. The zero-order chi connectivity index (χ0) is 18.6. The highest BCUT2D eigenvalue weighted by Gasteiger charge is 2.48. The van der Waals surface area contributed by atoms with E-state index in [4.69, 9.17) is 4.98 Å². The van der Waals surface area contributed by atoms with E-state index < -0.39 is 0 Å². The van der Waals surface area contributed by atoms with Crippen LogP contribution >= 0.6 is 0 Å². The van der Waals surface area contributed by atoms with E-state index in [1.165, 1.54) is 5.56 Å². The predicted octanol–water partition coefficient (Wildman–Crippen LogP) is 2.34. The zero-order valence-corrected chi connectivity index (χ0v) is 15.6. The molecule has 138 valence electrons. The lowest BCUT2D eigenvalue weighted by Crippen LogP contribution is -2.57. The summed E-state index contributed by atoms with van der Waals surface area (Å²) < 4.78 is 1.66. The van der Waals surface area contributed by atoms with E-state index >= 15 is 0 Å². The number of carbonyl (C=O) groups is 1. The SMILES string of the molecule is Cc1ncc2c(n1)[C@]1(C)CCCN(C(=O)c3cnn4cccnc34)[C@@H]1CC2. The largest absolute Gasteiger partial charge is 0.335 e. The zero-order valence-electron chi connectivity index (χ0n) is 15.6. The highest BCUT2D eigenvalue weighted by Crippen LogP contribution is 2.45. The standard InChI is InChI=1S/C20H22N6O/c1-13-22-11-14-5-6-16-20(2,17(14)24-13)7-3-9-25(16)19(27)15-12-23-26-10-4-8-21-18(15)26/h4,8,10-12,16H,3,5-7,9H2,1-2H3/t16-,20-/m1/s1. The summed E-state index contributed by atoms with van der Waals surface area (Å²) in [7, 11) is 0. The van der Waals surface area contributed by atoms with E-state index in [2.05, 4.69) is 22.0 Å². The van der Waals surface area contributed by atoms with Gasteiger partial charge in [0.1, 0.15) is 11.4 Å². The highest BCUT2D eigenvalue weighted by molar-refractivity contribution is 6.00. The average molecular weight is 362 g/mol. The molecule has 0 bridgehead atoms. The molecule has 3 aromatic rings. The van der Waals surface area contributed by atoms with Crippen molar-refractivity contribution in [3.8, 4) is 0 Å². The number of piperidine rings is 1. The second-order valence-electron chi connectivity index (χ2n) is 7.81. The van der Waals surface area contributed by atoms with Gasteiger partial charge in [0.2, 0.25) is 0 Å². The van der Waals surface area contributed by atoms with Crippen LogP contribution in [-0.4, -0.2) is 48.0 Å². The highest BCUT2D eigenvalue weighted by atomic mass is 16.2. The van der Waals surface area contributed by atoms with Crippen LogP contribution in [0.4, 0.5) is 0 Å². The molecule has 1 aliphatic carbocycles. The van der Waals surface area contributed by atoms with Gasteiger partial charge >= 0.3 is 0 Å². The van der Waals surface area contributed by atoms with Crippen molar-refractivity contribution in [2.24, 2.45) is 0 Å². The van der Waals surface area contributed by atoms with Crippen LogP contribution in [0.3, 0.4) is 0 Å². The number of aryl methyl sites for hydroxylation is 2. The van der Waals surface area contributed by atoms with Gasteiger partial charge in [0.25, 0.3) is 5.91 Å². The number of fused-ring (bicyclic) bond motifs is 4. The van der Waals surface area contributed by atoms with Crippen molar-refractivity contribution >= 4 is 11.6 Å². The number of amides is 1. The van der Waals surface area contributed by atoms with E-state index in [1.54, 1.807) is 16.9 Å². The summed E-state index contributed by atoms with van der Waals surface area (Å²) >= 11 is 0. The van der Waals surface area contributed by atoms with Gasteiger partial charge < -0.3 is 4.90 Å². The summed E-state index contributed by atoms with van der Waals surface area (Å²) in [6.45, 7) is 4.96. The maximum atomic E-state index is 13.5. The summed E-state index contributed by atoms with van der Waals surface area (Å²) in [5.74, 6) is 0.819. The molecule has 0 unspecified atom stereocenters. The Balaban J connectivity index is 1.56. The molecule has 1 saturated heterocycles. The summed E-state index contributed by atoms with van der Waals surface area (Å²) in [6, 6.07) is 1.95. The predicted molar refractivity (Wildman–Crippen MR) is 99.5 cm³/mol. The molecule has 0 radical (unpaired) electrons. The Morgan fingerprint density at radius 1 is 1.30 bits per heavy atom. The quantitative estimate of drug-likeness (QED) is 0.664. The molecule has 3 aromatic heterocycles. The minimum absolute atomic E-state index is 0.0221. The lowest BCUT2D eigenvalue weighted by molar-refractivity contribution is 0.0380. The number of aromatic nitrogens is 5. The third-order valence-electron chi connectivity index (χ3n) is 6.19. The van der Waals surface area contributed by atoms with Crippen LogP contribution in [0.1, 0.15) is 53.6 Å². The smallest absolute Gasteiger partial charge is 0.259 e. The molecule has 0 aromatic carbocycles. The van der Waals surface area contributed by atoms with E-state index in [9.17, 15) is 4.79 Å². The number of nitrogens with zero attached hydrogens (tertiary/aromatic N) is 6. The third-order valence-corrected chi connectivity index (χ3v) is 6.19. The topological polar surface area (TPSA) is 76.3 Å². The van der Waals surface area contributed by atoms with Gasteiger partial charge in [-0.2, -0.15) is 5.10 Å². The van der Waals surface area contributed by atoms with Gasteiger partial charge in [-0.3, -0.25) is 4.79 Å². The fraction of sp³-hybridized carbons (Fsp3) is 0.450. The molecular weight excluding hydrogens is 340 g/mol. The molecule has 1 fully saturated rings. The molecule has 27 heavy (non-hydrogen) atoms. The van der Waals surface area contributed by atoms with Gasteiger partial charge in [-0.15, -0.1) is 0 Å². The molecule has 1 aliphatic heterocycles. The Labute approximate surface area is 157 Å². The van der Waals surface area contributed by atoms with Crippen LogP contribution in [-0.2, 0) is 11.8 Å². The monoisotopic (exact) mass is 362 g/mol. The van der Waals surface area contributed by atoms with E-state index in [0.29, 0.717) is 11.2 Å². The summed E-state index contributed by atoms with van der Waals surface area (Å²) in [4.78, 5) is 29.0. The van der Waals surface area contributed by atoms with Crippen LogP contribution in [0, 0.1) is 6.92 Å². The van der Waals surface area contributed by atoms with Crippen LogP contribution in [0.15, 0.2) is 30.9 Å². The Bertz CT molecular complexity index is 1040. The Morgan fingerprint density at radius 2 is 2.19 bits per heavy atom. The fourth-order valence-corrected chi connectivity index (χ4v) is 4.87. The van der Waals surface area contributed by atoms with Crippen molar-refractivity contribution in [1.82, 2.24) is 29.5 Å². The van der Waals surface area contributed by atoms with Crippen molar-refractivity contribution in [2.45, 2.75) is 51.0 Å². The maximum Gasteiger partial charge on any atom is 0.259 e. The van der Waals surface area contributed by atoms with Gasteiger partial charge in [0, 0.05) is 36.6 Å². The van der Waals surface area contributed by atoms with E-state index in [0.717, 1.165) is 43.7 Å². The van der Waals surface area contributed by atoms with Crippen LogP contribution in [0.5, 0.6) is 0 Å². The first-order valence-electron chi connectivity index (χ1n) is 9.50. The average Bonchev–Trinajstić information content (AvgIpc) is 3.11. The minimum atomic E-state index is -0.133. The summed E-state index contributed by atoms with van der Waals surface area (Å²) in [5.41, 5.74) is 3.41. The Kier molecular flexibility index (Phi) is 3.54. The van der Waals surface area contributed by atoms with Crippen molar-refractivity contribution in [3.63, 3.8) is 0 Å². The molecule has 5 rings (SSSR count). The second kappa shape index (κ2) is 5.84. The third kappa shape index (κ3) is 2.37. The van der Waals surface area contributed by atoms with Gasteiger partial charge in [-0.05, 0) is 44.2 Å². The van der Waals surface area contributed by atoms with Gasteiger partial charge in [0.05, 0.1) is 11.9 Å². The van der Waals surface area contributed by atoms with E-state index in [1.807, 2.05) is 30.3 Å². The number of carbonyl (C=O) groups excluding carboxylic acids is 1. The molecule has 0 N–H and O–H groups in total. The minimum Gasteiger partial charge on any atom is -0.335 e.